The molecule has 6 heteroatoms. The van der Waals surface area contributed by atoms with Crippen molar-refractivity contribution >= 4 is 0 Å². The lowest BCUT2D eigenvalue weighted by molar-refractivity contribution is -0.144. The molecule has 1 N–H and O–H groups in total. The SMILES string of the molecule is CCC(C)C1CN(CC(F)(F)C(F)F)CCN1. The lowest BCUT2D eigenvalue weighted by Crippen LogP contribution is -2.56. The average Bonchev–Trinajstić information content (AvgIpc) is 2.27. The van der Waals surface area contributed by atoms with Gasteiger partial charge in [-0.2, -0.15) is 8.78 Å². The third kappa shape index (κ3) is 4.10. The monoisotopic (exact) mass is 256 g/mol. The number of hydrogen-bond acceptors (Lipinski definition) is 2. The number of rotatable bonds is 5. The van der Waals surface area contributed by atoms with Gasteiger partial charge in [-0.25, -0.2) is 8.78 Å². The molecule has 1 heterocycles. The standard InChI is InChI=1S/C11H20F4N2/c1-3-8(2)9-6-17(5-4-16-9)7-11(14,15)10(12)13/h8-10,16H,3-7H2,1-2H3. The van der Waals surface area contributed by atoms with Gasteiger partial charge in [-0.05, 0) is 5.92 Å². The summed E-state index contributed by atoms with van der Waals surface area (Å²) in [6.07, 6.45) is -2.64. The molecule has 2 atom stereocenters. The first kappa shape index (κ1) is 14.7. The Morgan fingerprint density at radius 2 is 2.06 bits per heavy atom. The summed E-state index contributed by atoms with van der Waals surface area (Å²) >= 11 is 0. The van der Waals surface area contributed by atoms with Crippen LogP contribution in [0.5, 0.6) is 0 Å². The third-order valence-electron chi connectivity index (χ3n) is 3.37. The highest BCUT2D eigenvalue weighted by Crippen LogP contribution is 2.25. The Bertz CT molecular complexity index is 236. The number of hydrogen-bond donors (Lipinski definition) is 1. The zero-order chi connectivity index (χ0) is 13.1. The van der Waals surface area contributed by atoms with E-state index in [2.05, 4.69) is 5.32 Å². The van der Waals surface area contributed by atoms with Gasteiger partial charge in [0.05, 0.1) is 6.54 Å². The van der Waals surface area contributed by atoms with Crippen LogP contribution in [0.2, 0.25) is 0 Å². The second kappa shape index (κ2) is 6.00. The number of halogens is 4. The van der Waals surface area contributed by atoms with Crippen molar-refractivity contribution in [3.05, 3.63) is 0 Å². The van der Waals surface area contributed by atoms with Crippen LogP contribution in [-0.2, 0) is 0 Å². The predicted molar refractivity (Wildman–Crippen MR) is 58.6 cm³/mol. The van der Waals surface area contributed by atoms with E-state index in [4.69, 9.17) is 0 Å². The fraction of sp³-hybridized carbons (Fsp3) is 1.00. The van der Waals surface area contributed by atoms with E-state index in [1.807, 2.05) is 13.8 Å². The lowest BCUT2D eigenvalue weighted by Gasteiger charge is -2.37. The van der Waals surface area contributed by atoms with Crippen LogP contribution in [-0.4, -0.2) is 49.5 Å². The van der Waals surface area contributed by atoms with Crippen LogP contribution >= 0.6 is 0 Å². The number of piperazine rings is 1. The van der Waals surface area contributed by atoms with Gasteiger partial charge >= 0.3 is 12.3 Å². The molecule has 2 unspecified atom stereocenters. The highest BCUT2D eigenvalue weighted by atomic mass is 19.3. The normalized spacial score (nSPS) is 25.2. The van der Waals surface area contributed by atoms with Gasteiger partial charge in [-0.15, -0.1) is 0 Å². The molecule has 0 aliphatic carbocycles. The molecule has 1 fully saturated rings. The predicted octanol–water partition coefficient (Wildman–Crippen LogP) is 2.21. The van der Waals surface area contributed by atoms with Crippen molar-refractivity contribution in [3.8, 4) is 0 Å². The second-order valence-electron chi connectivity index (χ2n) is 4.74. The topological polar surface area (TPSA) is 15.3 Å². The summed E-state index contributed by atoms with van der Waals surface area (Å²) < 4.78 is 50.1. The zero-order valence-electron chi connectivity index (χ0n) is 10.2. The van der Waals surface area contributed by atoms with Gasteiger partial charge in [0.2, 0.25) is 0 Å². The lowest BCUT2D eigenvalue weighted by atomic mass is 9.97. The number of nitrogens with zero attached hydrogens (tertiary/aromatic N) is 1. The molecular weight excluding hydrogens is 236 g/mol. The summed E-state index contributed by atoms with van der Waals surface area (Å²) in [4.78, 5) is 1.43. The fourth-order valence-electron chi connectivity index (χ4n) is 2.02. The Morgan fingerprint density at radius 3 is 2.59 bits per heavy atom. The van der Waals surface area contributed by atoms with Crippen molar-refractivity contribution in [2.24, 2.45) is 5.92 Å². The molecule has 0 spiro atoms. The van der Waals surface area contributed by atoms with E-state index in [-0.39, 0.29) is 6.04 Å². The zero-order valence-corrected chi connectivity index (χ0v) is 10.2. The maximum Gasteiger partial charge on any atom is 0.319 e. The summed E-state index contributed by atoms with van der Waals surface area (Å²) in [6.45, 7) is 4.60. The van der Waals surface area contributed by atoms with E-state index in [1.54, 1.807) is 0 Å². The van der Waals surface area contributed by atoms with E-state index in [1.165, 1.54) is 4.90 Å². The minimum Gasteiger partial charge on any atom is -0.311 e. The molecule has 102 valence electrons. The molecule has 1 aliphatic heterocycles. The van der Waals surface area contributed by atoms with E-state index >= 15 is 0 Å². The smallest absolute Gasteiger partial charge is 0.311 e. The van der Waals surface area contributed by atoms with Crippen molar-refractivity contribution in [2.75, 3.05) is 26.2 Å². The summed E-state index contributed by atoms with van der Waals surface area (Å²) in [6, 6.07) is 0.113. The molecular formula is C11H20F4N2. The van der Waals surface area contributed by atoms with Crippen molar-refractivity contribution in [2.45, 2.75) is 38.7 Å². The van der Waals surface area contributed by atoms with Crippen LogP contribution in [0, 0.1) is 5.92 Å². The molecule has 0 amide bonds. The van der Waals surface area contributed by atoms with Gasteiger partial charge in [0.25, 0.3) is 0 Å². The Kier molecular flexibility index (Phi) is 5.19. The first-order valence-electron chi connectivity index (χ1n) is 5.98. The van der Waals surface area contributed by atoms with Crippen LogP contribution in [0.3, 0.4) is 0 Å². The molecule has 2 nitrogen and oxygen atoms in total. The summed E-state index contributed by atoms with van der Waals surface area (Å²) in [5.74, 6) is -3.55. The molecule has 17 heavy (non-hydrogen) atoms. The number of nitrogens with one attached hydrogen (secondary N) is 1. The van der Waals surface area contributed by atoms with E-state index < -0.39 is 18.9 Å². The van der Waals surface area contributed by atoms with Crippen molar-refractivity contribution < 1.29 is 17.6 Å². The van der Waals surface area contributed by atoms with Crippen LogP contribution in [0.25, 0.3) is 0 Å². The minimum absolute atomic E-state index is 0.113. The molecule has 0 radical (unpaired) electrons. The van der Waals surface area contributed by atoms with Gasteiger partial charge in [0.15, 0.2) is 0 Å². The van der Waals surface area contributed by atoms with Crippen LogP contribution < -0.4 is 5.32 Å². The van der Waals surface area contributed by atoms with Gasteiger partial charge in [0.1, 0.15) is 0 Å². The van der Waals surface area contributed by atoms with Crippen molar-refractivity contribution in [1.82, 2.24) is 10.2 Å². The molecule has 1 rings (SSSR count). The first-order valence-corrected chi connectivity index (χ1v) is 5.98. The van der Waals surface area contributed by atoms with E-state index in [9.17, 15) is 17.6 Å². The van der Waals surface area contributed by atoms with Crippen LogP contribution in [0.15, 0.2) is 0 Å². The van der Waals surface area contributed by atoms with Gasteiger partial charge in [-0.3, -0.25) is 4.90 Å². The number of alkyl halides is 4. The van der Waals surface area contributed by atoms with E-state index in [0.717, 1.165) is 6.42 Å². The highest BCUT2D eigenvalue weighted by molar-refractivity contribution is 4.85. The summed E-state index contributed by atoms with van der Waals surface area (Å²) in [5, 5.41) is 3.24. The van der Waals surface area contributed by atoms with Crippen molar-refractivity contribution in [3.63, 3.8) is 0 Å². The Hall–Kier alpha value is -0.360. The maximum absolute atomic E-state index is 12.9. The Labute approximate surface area is 99.4 Å². The quantitative estimate of drug-likeness (QED) is 0.759. The molecule has 0 aromatic rings. The van der Waals surface area contributed by atoms with Gasteiger partial charge in [0, 0.05) is 25.7 Å². The average molecular weight is 256 g/mol. The maximum atomic E-state index is 12.9. The first-order chi connectivity index (χ1) is 7.86. The molecule has 0 aromatic heterocycles. The second-order valence-corrected chi connectivity index (χ2v) is 4.74. The van der Waals surface area contributed by atoms with Gasteiger partial charge < -0.3 is 5.32 Å². The molecule has 0 saturated carbocycles. The summed E-state index contributed by atoms with van der Waals surface area (Å²) in [7, 11) is 0. The third-order valence-corrected chi connectivity index (χ3v) is 3.37. The fourth-order valence-corrected chi connectivity index (χ4v) is 2.02. The Morgan fingerprint density at radius 1 is 1.41 bits per heavy atom. The molecule has 1 saturated heterocycles. The Balaban J connectivity index is 2.50. The van der Waals surface area contributed by atoms with Crippen LogP contribution in [0.4, 0.5) is 17.6 Å². The molecule has 0 aromatic carbocycles. The highest BCUT2D eigenvalue weighted by Gasteiger charge is 2.43. The van der Waals surface area contributed by atoms with E-state index in [0.29, 0.717) is 25.6 Å². The van der Waals surface area contributed by atoms with Crippen molar-refractivity contribution in [1.29, 1.82) is 0 Å². The molecule has 1 aliphatic rings. The molecule has 0 bridgehead atoms. The minimum atomic E-state index is -3.91. The van der Waals surface area contributed by atoms with Gasteiger partial charge in [-0.1, -0.05) is 20.3 Å². The van der Waals surface area contributed by atoms with Crippen LogP contribution in [0.1, 0.15) is 20.3 Å². The largest absolute Gasteiger partial charge is 0.319 e. The summed E-state index contributed by atoms with van der Waals surface area (Å²) in [5.41, 5.74) is 0.